The van der Waals surface area contributed by atoms with E-state index < -0.39 is 5.91 Å². The highest BCUT2D eigenvalue weighted by atomic mass is 35.5. The second-order valence-electron chi connectivity index (χ2n) is 6.78. The maximum atomic E-state index is 13.0. The second-order valence-corrected chi connectivity index (χ2v) is 8.04. The molecule has 2 N–H and O–H groups in total. The second kappa shape index (κ2) is 10.1. The van der Waals surface area contributed by atoms with Gasteiger partial charge in [-0.25, -0.2) is 0 Å². The molecule has 5 nitrogen and oxygen atoms in total. The molecule has 2 aromatic rings. The minimum atomic E-state index is -0.458. The lowest BCUT2D eigenvalue weighted by Gasteiger charge is -2.22. The molecule has 0 atom stereocenters. The molecular weight excluding hydrogens is 429 g/mol. The molecule has 1 heterocycles. The van der Waals surface area contributed by atoms with Gasteiger partial charge in [0.05, 0.1) is 21.8 Å². The third kappa shape index (κ3) is 5.69. The number of nitrogens with zero attached hydrogens (tertiary/aromatic N) is 1. The van der Waals surface area contributed by atoms with Gasteiger partial charge in [-0.3, -0.25) is 14.9 Å². The summed E-state index contributed by atoms with van der Waals surface area (Å²) in [6, 6.07) is 11.7. The van der Waals surface area contributed by atoms with E-state index in [1.165, 1.54) is 12.1 Å². The van der Waals surface area contributed by atoms with E-state index in [4.69, 9.17) is 35.4 Å². The average molecular weight is 450 g/mol. The van der Waals surface area contributed by atoms with Crippen molar-refractivity contribution in [2.75, 3.05) is 18.4 Å². The minimum Gasteiger partial charge on any atom is -0.339 e. The smallest absolute Gasteiger partial charge is 0.258 e. The lowest BCUT2D eigenvalue weighted by atomic mass is 10.1. The molecule has 1 fully saturated rings. The van der Waals surface area contributed by atoms with Gasteiger partial charge >= 0.3 is 0 Å². The SMILES string of the molecule is O=C(NC(=S)Nc1ccccc1C(=O)N1CCCCCC1)c1ccc(Cl)cc1Cl. The fraction of sp³-hybridized carbons (Fsp3) is 0.286. The van der Waals surface area contributed by atoms with Crippen LogP contribution in [-0.2, 0) is 0 Å². The molecule has 2 aromatic carbocycles. The van der Waals surface area contributed by atoms with Crippen LogP contribution in [0.2, 0.25) is 10.0 Å². The summed E-state index contributed by atoms with van der Waals surface area (Å²) in [6.45, 7) is 1.51. The lowest BCUT2D eigenvalue weighted by molar-refractivity contribution is 0.0762. The van der Waals surface area contributed by atoms with Crippen molar-refractivity contribution in [3.05, 3.63) is 63.6 Å². The number of hydrogen-bond acceptors (Lipinski definition) is 3. The molecule has 0 spiro atoms. The van der Waals surface area contributed by atoms with Gasteiger partial charge in [-0.05, 0) is 55.4 Å². The molecule has 8 heteroatoms. The van der Waals surface area contributed by atoms with E-state index in [1.54, 1.807) is 18.2 Å². The zero-order valence-corrected chi connectivity index (χ0v) is 18.0. The normalized spacial score (nSPS) is 14.1. The van der Waals surface area contributed by atoms with Crippen LogP contribution in [0.4, 0.5) is 5.69 Å². The summed E-state index contributed by atoms with van der Waals surface area (Å²) in [7, 11) is 0. The minimum absolute atomic E-state index is 0.0372. The number of para-hydroxylation sites is 1. The van der Waals surface area contributed by atoms with Gasteiger partial charge in [0.25, 0.3) is 11.8 Å². The van der Waals surface area contributed by atoms with Gasteiger partial charge in [0.1, 0.15) is 0 Å². The van der Waals surface area contributed by atoms with Crippen molar-refractivity contribution in [1.29, 1.82) is 0 Å². The molecular formula is C21H21Cl2N3O2S. The fourth-order valence-electron chi connectivity index (χ4n) is 3.22. The molecule has 3 rings (SSSR count). The monoisotopic (exact) mass is 449 g/mol. The first-order valence-electron chi connectivity index (χ1n) is 9.41. The van der Waals surface area contributed by atoms with Crippen molar-refractivity contribution in [2.45, 2.75) is 25.7 Å². The number of carbonyl (C=O) groups is 2. The number of nitrogens with one attached hydrogen (secondary N) is 2. The predicted molar refractivity (Wildman–Crippen MR) is 121 cm³/mol. The number of thiocarbonyl (C=S) groups is 1. The number of benzene rings is 2. The van der Waals surface area contributed by atoms with Gasteiger partial charge in [-0.1, -0.05) is 48.2 Å². The first kappa shape index (κ1) is 21.6. The molecule has 0 saturated carbocycles. The van der Waals surface area contributed by atoms with E-state index in [0.717, 1.165) is 38.8 Å². The zero-order chi connectivity index (χ0) is 20.8. The molecule has 0 radical (unpaired) electrons. The number of carbonyl (C=O) groups excluding carboxylic acids is 2. The van der Waals surface area contributed by atoms with Crippen molar-refractivity contribution in [3.63, 3.8) is 0 Å². The average Bonchev–Trinajstić information content (AvgIpc) is 2.97. The molecule has 0 aromatic heterocycles. The molecule has 152 valence electrons. The number of halogens is 2. The molecule has 2 amide bonds. The Morgan fingerprint density at radius 1 is 0.931 bits per heavy atom. The summed E-state index contributed by atoms with van der Waals surface area (Å²) >= 11 is 17.2. The van der Waals surface area contributed by atoms with Crippen LogP contribution in [0, 0.1) is 0 Å². The third-order valence-corrected chi connectivity index (χ3v) is 5.45. The van der Waals surface area contributed by atoms with E-state index in [-0.39, 0.29) is 21.6 Å². The Kier molecular flexibility index (Phi) is 7.47. The van der Waals surface area contributed by atoms with Crippen molar-refractivity contribution in [1.82, 2.24) is 10.2 Å². The van der Waals surface area contributed by atoms with Crippen LogP contribution in [0.25, 0.3) is 0 Å². The molecule has 0 unspecified atom stereocenters. The number of likely N-dealkylation sites (tertiary alicyclic amines) is 1. The zero-order valence-electron chi connectivity index (χ0n) is 15.7. The third-order valence-electron chi connectivity index (χ3n) is 4.70. The van der Waals surface area contributed by atoms with E-state index in [2.05, 4.69) is 10.6 Å². The Hall–Kier alpha value is -2.15. The molecule has 0 aliphatic carbocycles. The van der Waals surface area contributed by atoms with E-state index >= 15 is 0 Å². The summed E-state index contributed by atoms with van der Waals surface area (Å²) in [4.78, 5) is 27.3. The number of amides is 2. The Labute approximate surface area is 185 Å². The Morgan fingerprint density at radius 2 is 1.62 bits per heavy atom. The molecule has 0 bridgehead atoms. The highest BCUT2D eigenvalue weighted by Crippen LogP contribution is 2.22. The van der Waals surface area contributed by atoms with Crippen LogP contribution >= 0.6 is 35.4 Å². The van der Waals surface area contributed by atoms with E-state index in [9.17, 15) is 9.59 Å². The van der Waals surface area contributed by atoms with E-state index in [1.807, 2.05) is 17.0 Å². The van der Waals surface area contributed by atoms with Crippen LogP contribution in [0.1, 0.15) is 46.4 Å². The summed E-state index contributed by atoms with van der Waals surface area (Å²) in [5, 5.41) is 6.30. The van der Waals surface area contributed by atoms with Crippen LogP contribution in [0.5, 0.6) is 0 Å². The lowest BCUT2D eigenvalue weighted by Crippen LogP contribution is -2.36. The van der Waals surface area contributed by atoms with Gasteiger partial charge in [0.2, 0.25) is 0 Å². The number of anilines is 1. The van der Waals surface area contributed by atoms with Crippen molar-refractivity contribution in [2.24, 2.45) is 0 Å². The summed E-state index contributed by atoms with van der Waals surface area (Å²) in [5.41, 5.74) is 1.33. The highest BCUT2D eigenvalue weighted by Gasteiger charge is 2.20. The first-order valence-corrected chi connectivity index (χ1v) is 10.6. The summed E-state index contributed by atoms with van der Waals surface area (Å²) in [5.74, 6) is -0.495. The van der Waals surface area contributed by atoms with Gasteiger partial charge < -0.3 is 10.2 Å². The topological polar surface area (TPSA) is 61.4 Å². The van der Waals surface area contributed by atoms with Gasteiger partial charge in [0.15, 0.2) is 5.11 Å². The molecule has 1 aliphatic heterocycles. The maximum absolute atomic E-state index is 13.0. The Morgan fingerprint density at radius 3 is 2.31 bits per heavy atom. The maximum Gasteiger partial charge on any atom is 0.258 e. The summed E-state index contributed by atoms with van der Waals surface area (Å²) in [6.07, 6.45) is 4.31. The number of rotatable bonds is 3. The van der Waals surface area contributed by atoms with Gasteiger partial charge in [-0.15, -0.1) is 0 Å². The van der Waals surface area contributed by atoms with Crippen molar-refractivity contribution in [3.8, 4) is 0 Å². The molecule has 29 heavy (non-hydrogen) atoms. The van der Waals surface area contributed by atoms with Crippen LogP contribution in [0.3, 0.4) is 0 Å². The van der Waals surface area contributed by atoms with Crippen molar-refractivity contribution < 1.29 is 9.59 Å². The first-order chi connectivity index (χ1) is 14.0. The van der Waals surface area contributed by atoms with Crippen molar-refractivity contribution >= 4 is 58.0 Å². The molecule has 1 aliphatic rings. The van der Waals surface area contributed by atoms with Gasteiger partial charge in [0, 0.05) is 18.1 Å². The largest absolute Gasteiger partial charge is 0.339 e. The summed E-state index contributed by atoms with van der Waals surface area (Å²) < 4.78 is 0. The quantitative estimate of drug-likeness (QED) is 0.636. The highest BCUT2D eigenvalue weighted by molar-refractivity contribution is 7.80. The predicted octanol–water partition coefficient (Wildman–Crippen LogP) is 5.14. The Balaban J connectivity index is 1.70. The van der Waals surface area contributed by atoms with Crippen LogP contribution in [0.15, 0.2) is 42.5 Å². The van der Waals surface area contributed by atoms with Crippen LogP contribution < -0.4 is 10.6 Å². The number of hydrogen-bond donors (Lipinski definition) is 2. The standard InChI is InChI=1S/C21H21Cl2N3O2S/c22-14-9-10-15(17(23)13-14)19(27)25-21(29)24-18-8-4-3-7-16(18)20(28)26-11-5-1-2-6-12-26/h3-4,7-10,13H,1-2,5-6,11-12H2,(H2,24,25,27,29). The molecule has 1 saturated heterocycles. The van der Waals surface area contributed by atoms with Crippen LogP contribution in [-0.4, -0.2) is 34.9 Å². The van der Waals surface area contributed by atoms with Gasteiger partial charge in [-0.2, -0.15) is 0 Å². The van der Waals surface area contributed by atoms with E-state index in [0.29, 0.717) is 16.3 Å². The fourth-order valence-corrected chi connectivity index (χ4v) is 3.92. The Bertz CT molecular complexity index is 928.